The molecule has 25 heavy (non-hydrogen) atoms. The van der Waals surface area contributed by atoms with Gasteiger partial charge in [0.25, 0.3) is 5.91 Å². The minimum atomic E-state index is -0.382. The number of nitrogens with zero attached hydrogens (tertiary/aromatic N) is 4. The van der Waals surface area contributed by atoms with Crippen LogP contribution in [0.1, 0.15) is 29.1 Å². The SMILES string of the molecule is COc1cccc(C(=O)NC(C)c2nnnn2-c2cccc(Br)c2)c1. The number of tetrazole rings is 1. The second-order valence-corrected chi connectivity index (χ2v) is 6.27. The Kier molecular flexibility index (Phi) is 5.08. The third kappa shape index (κ3) is 3.85. The first kappa shape index (κ1) is 17.1. The van der Waals surface area contributed by atoms with Crippen LogP contribution in [0.3, 0.4) is 0 Å². The number of hydrogen-bond donors (Lipinski definition) is 1. The molecule has 0 fully saturated rings. The van der Waals surface area contributed by atoms with E-state index in [2.05, 4.69) is 36.8 Å². The number of nitrogens with one attached hydrogen (secondary N) is 1. The molecule has 1 unspecified atom stereocenters. The highest BCUT2D eigenvalue weighted by atomic mass is 79.9. The van der Waals surface area contributed by atoms with Crippen molar-refractivity contribution in [2.24, 2.45) is 0 Å². The van der Waals surface area contributed by atoms with Gasteiger partial charge in [-0.25, -0.2) is 0 Å². The van der Waals surface area contributed by atoms with Crippen LogP contribution in [0.5, 0.6) is 5.75 Å². The lowest BCUT2D eigenvalue weighted by Crippen LogP contribution is -2.28. The van der Waals surface area contributed by atoms with Crippen LogP contribution in [0.25, 0.3) is 5.69 Å². The lowest BCUT2D eigenvalue weighted by molar-refractivity contribution is 0.0937. The highest BCUT2D eigenvalue weighted by molar-refractivity contribution is 9.10. The maximum absolute atomic E-state index is 12.5. The van der Waals surface area contributed by atoms with Crippen molar-refractivity contribution in [1.29, 1.82) is 0 Å². The van der Waals surface area contributed by atoms with Gasteiger partial charge in [0, 0.05) is 10.0 Å². The van der Waals surface area contributed by atoms with E-state index in [0.717, 1.165) is 10.2 Å². The largest absolute Gasteiger partial charge is 0.497 e. The second-order valence-electron chi connectivity index (χ2n) is 5.36. The molecule has 0 spiro atoms. The van der Waals surface area contributed by atoms with Gasteiger partial charge in [0.1, 0.15) is 5.75 Å². The van der Waals surface area contributed by atoms with E-state index in [-0.39, 0.29) is 11.9 Å². The molecule has 1 aromatic heterocycles. The lowest BCUT2D eigenvalue weighted by atomic mass is 10.2. The Morgan fingerprint density at radius 1 is 1.24 bits per heavy atom. The van der Waals surface area contributed by atoms with Gasteiger partial charge in [-0.3, -0.25) is 4.79 Å². The minimum absolute atomic E-state index is 0.227. The summed E-state index contributed by atoms with van der Waals surface area (Å²) < 4.78 is 7.66. The maximum Gasteiger partial charge on any atom is 0.251 e. The summed E-state index contributed by atoms with van der Waals surface area (Å²) in [5, 5.41) is 14.7. The number of methoxy groups -OCH3 is 1. The summed E-state index contributed by atoms with van der Waals surface area (Å²) in [6, 6.07) is 14.2. The van der Waals surface area contributed by atoms with Gasteiger partial charge in [0.15, 0.2) is 5.82 Å². The van der Waals surface area contributed by atoms with Gasteiger partial charge in [0.05, 0.1) is 18.8 Å². The molecule has 0 saturated heterocycles. The van der Waals surface area contributed by atoms with Crippen molar-refractivity contribution in [2.75, 3.05) is 7.11 Å². The Labute approximate surface area is 153 Å². The highest BCUT2D eigenvalue weighted by Crippen LogP contribution is 2.19. The van der Waals surface area contributed by atoms with Gasteiger partial charge >= 0.3 is 0 Å². The fraction of sp³-hybridized carbons (Fsp3) is 0.176. The van der Waals surface area contributed by atoms with Crippen molar-refractivity contribution in [3.63, 3.8) is 0 Å². The number of carbonyl (C=O) groups is 1. The zero-order chi connectivity index (χ0) is 17.8. The zero-order valence-electron chi connectivity index (χ0n) is 13.7. The normalized spacial score (nSPS) is 11.8. The Morgan fingerprint density at radius 3 is 2.80 bits per heavy atom. The molecule has 1 atom stereocenters. The van der Waals surface area contributed by atoms with E-state index in [1.54, 1.807) is 36.1 Å². The molecule has 1 amide bonds. The summed E-state index contributed by atoms with van der Waals surface area (Å²) in [6.07, 6.45) is 0. The van der Waals surface area contributed by atoms with Crippen LogP contribution in [0.2, 0.25) is 0 Å². The van der Waals surface area contributed by atoms with Crippen molar-refractivity contribution in [3.05, 3.63) is 64.4 Å². The zero-order valence-corrected chi connectivity index (χ0v) is 15.3. The first-order valence-electron chi connectivity index (χ1n) is 7.57. The number of amides is 1. The topological polar surface area (TPSA) is 81.9 Å². The first-order valence-corrected chi connectivity index (χ1v) is 8.37. The van der Waals surface area contributed by atoms with Crippen molar-refractivity contribution < 1.29 is 9.53 Å². The molecule has 128 valence electrons. The van der Waals surface area contributed by atoms with Gasteiger partial charge in [-0.05, 0) is 53.7 Å². The quantitative estimate of drug-likeness (QED) is 0.710. The van der Waals surface area contributed by atoms with E-state index in [9.17, 15) is 4.79 Å². The first-order chi connectivity index (χ1) is 12.1. The summed E-state index contributed by atoms with van der Waals surface area (Å²) in [4.78, 5) is 12.5. The molecule has 1 N–H and O–H groups in total. The summed E-state index contributed by atoms with van der Waals surface area (Å²) in [6.45, 7) is 1.83. The Bertz CT molecular complexity index is 896. The highest BCUT2D eigenvalue weighted by Gasteiger charge is 2.19. The standard InChI is InChI=1S/C17H16BrN5O2/c1-11(19-17(24)12-5-3-8-15(9-12)25-2)16-20-21-22-23(16)14-7-4-6-13(18)10-14/h3-11H,1-2H3,(H,19,24). The van der Waals surface area contributed by atoms with Gasteiger partial charge in [-0.2, -0.15) is 4.68 Å². The van der Waals surface area contributed by atoms with E-state index < -0.39 is 0 Å². The van der Waals surface area contributed by atoms with Crippen LogP contribution >= 0.6 is 15.9 Å². The predicted octanol–water partition coefficient (Wildman–Crippen LogP) is 2.92. The average molecular weight is 402 g/mol. The third-order valence-corrected chi connectivity index (χ3v) is 4.11. The summed E-state index contributed by atoms with van der Waals surface area (Å²) in [7, 11) is 1.56. The molecule has 1 heterocycles. The van der Waals surface area contributed by atoms with Crippen molar-refractivity contribution in [3.8, 4) is 11.4 Å². The number of carbonyl (C=O) groups excluding carboxylic acids is 1. The number of ether oxygens (including phenoxy) is 1. The molecule has 0 bridgehead atoms. The van der Waals surface area contributed by atoms with Crippen LogP contribution in [0.15, 0.2) is 53.0 Å². The Morgan fingerprint density at radius 2 is 2.04 bits per heavy atom. The smallest absolute Gasteiger partial charge is 0.251 e. The molecular weight excluding hydrogens is 386 g/mol. The Balaban J connectivity index is 1.81. The van der Waals surface area contributed by atoms with E-state index in [0.29, 0.717) is 17.1 Å². The number of halogens is 1. The van der Waals surface area contributed by atoms with E-state index in [1.807, 2.05) is 31.2 Å². The van der Waals surface area contributed by atoms with Crippen LogP contribution in [-0.2, 0) is 0 Å². The average Bonchev–Trinajstić information content (AvgIpc) is 3.11. The van der Waals surface area contributed by atoms with Crippen molar-refractivity contribution in [2.45, 2.75) is 13.0 Å². The van der Waals surface area contributed by atoms with Gasteiger partial charge in [-0.1, -0.05) is 28.1 Å². The molecule has 8 heteroatoms. The molecule has 0 aliphatic heterocycles. The molecule has 2 aromatic carbocycles. The second kappa shape index (κ2) is 7.43. The molecule has 0 saturated carbocycles. The fourth-order valence-corrected chi connectivity index (χ4v) is 2.75. The number of benzene rings is 2. The summed E-state index contributed by atoms with van der Waals surface area (Å²) in [5.74, 6) is 0.934. The third-order valence-electron chi connectivity index (χ3n) is 3.61. The van der Waals surface area contributed by atoms with E-state index in [4.69, 9.17) is 4.74 Å². The molecule has 0 aliphatic carbocycles. The Hall–Kier alpha value is -2.74. The molecule has 3 aromatic rings. The molecule has 0 aliphatic rings. The number of aromatic nitrogens is 4. The molecule has 3 rings (SSSR count). The van der Waals surface area contributed by atoms with E-state index >= 15 is 0 Å². The van der Waals surface area contributed by atoms with Crippen LogP contribution in [-0.4, -0.2) is 33.2 Å². The van der Waals surface area contributed by atoms with Crippen LogP contribution in [0.4, 0.5) is 0 Å². The number of rotatable bonds is 5. The molecule has 0 radical (unpaired) electrons. The molecular formula is C17H16BrN5O2. The predicted molar refractivity (Wildman–Crippen MR) is 95.7 cm³/mol. The summed E-state index contributed by atoms with van der Waals surface area (Å²) in [5.41, 5.74) is 1.31. The lowest BCUT2D eigenvalue weighted by Gasteiger charge is -2.14. The monoisotopic (exact) mass is 401 g/mol. The number of hydrogen-bond acceptors (Lipinski definition) is 5. The fourth-order valence-electron chi connectivity index (χ4n) is 2.36. The van der Waals surface area contributed by atoms with Crippen molar-refractivity contribution >= 4 is 21.8 Å². The molecule has 7 nitrogen and oxygen atoms in total. The van der Waals surface area contributed by atoms with Crippen LogP contribution < -0.4 is 10.1 Å². The minimum Gasteiger partial charge on any atom is -0.497 e. The summed E-state index contributed by atoms with van der Waals surface area (Å²) >= 11 is 3.43. The van der Waals surface area contributed by atoms with E-state index in [1.165, 1.54) is 0 Å². The maximum atomic E-state index is 12.5. The van der Waals surface area contributed by atoms with Gasteiger partial charge in [0.2, 0.25) is 0 Å². The van der Waals surface area contributed by atoms with Gasteiger partial charge < -0.3 is 10.1 Å². The van der Waals surface area contributed by atoms with Gasteiger partial charge in [-0.15, -0.1) is 5.10 Å². The van der Waals surface area contributed by atoms with Crippen molar-refractivity contribution in [1.82, 2.24) is 25.5 Å². The van der Waals surface area contributed by atoms with Crippen LogP contribution in [0, 0.1) is 0 Å².